The molecule has 3 nitrogen and oxygen atoms in total. The maximum Gasteiger partial charge on any atom is 0.0772 e. The number of nitrogens with one attached hydrogen (secondary N) is 1. The summed E-state index contributed by atoms with van der Waals surface area (Å²) in [6, 6.07) is 10.3. The van der Waals surface area contributed by atoms with Crippen molar-refractivity contribution < 1.29 is 10.2 Å². The first-order valence-corrected chi connectivity index (χ1v) is 6.75. The molecule has 0 saturated heterocycles. The molecule has 3 N–H and O–H groups in total. The van der Waals surface area contributed by atoms with Crippen LogP contribution in [0.1, 0.15) is 31.7 Å². The Bertz CT molecular complexity index is 364. The fourth-order valence-corrected chi connectivity index (χ4v) is 2.77. The summed E-state index contributed by atoms with van der Waals surface area (Å²) in [7, 11) is 0. The molecule has 3 heteroatoms. The van der Waals surface area contributed by atoms with Crippen LogP contribution in [0.5, 0.6) is 0 Å². The van der Waals surface area contributed by atoms with Gasteiger partial charge in [-0.3, -0.25) is 0 Å². The summed E-state index contributed by atoms with van der Waals surface area (Å²) >= 11 is 0. The van der Waals surface area contributed by atoms with Gasteiger partial charge in [0, 0.05) is 12.1 Å². The van der Waals surface area contributed by atoms with E-state index >= 15 is 0 Å². The Balaban J connectivity index is 1.94. The monoisotopic (exact) mass is 249 g/mol. The molecule has 1 aromatic carbocycles. The Labute approximate surface area is 109 Å². The van der Waals surface area contributed by atoms with Gasteiger partial charge in [-0.1, -0.05) is 30.3 Å². The third-order valence-electron chi connectivity index (χ3n) is 3.91. The average Bonchev–Trinajstić information content (AvgIpc) is 2.69. The van der Waals surface area contributed by atoms with Crippen molar-refractivity contribution in [3.05, 3.63) is 35.9 Å². The highest BCUT2D eigenvalue weighted by molar-refractivity contribution is 5.16. The van der Waals surface area contributed by atoms with E-state index in [-0.39, 0.29) is 18.7 Å². The molecule has 0 aromatic heterocycles. The predicted octanol–water partition coefficient (Wildman–Crippen LogP) is 1.48. The summed E-state index contributed by atoms with van der Waals surface area (Å²) in [6.07, 6.45) is 3.67. The lowest BCUT2D eigenvalue weighted by Gasteiger charge is -2.30. The molecule has 18 heavy (non-hydrogen) atoms. The van der Waals surface area contributed by atoms with E-state index in [1.807, 2.05) is 25.1 Å². The minimum absolute atomic E-state index is 0.0157. The third-order valence-corrected chi connectivity index (χ3v) is 3.91. The van der Waals surface area contributed by atoms with Crippen molar-refractivity contribution in [3.8, 4) is 0 Å². The van der Waals surface area contributed by atoms with Gasteiger partial charge in [0.1, 0.15) is 0 Å². The van der Waals surface area contributed by atoms with E-state index in [2.05, 4.69) is 17.4 Å². The number of hydrogen-bond acceptors (Lipinski definition) is 3. The Morgan fingerprint density at radius 3 is 2.67 bits per heavy atom. The second-order valence-electron chi connectivity index (χ2n) is 5.54. The van der Waals surface area contributed by atoms with Crippen LogP contribution in [0, 0.1) is 0 Å². The van der Waals surface area contributed by atoms with Crippen LogP contribution in [0.4, 0.5) is 0 Å². The van der Waals surface area contributed by atoms with Gasteiger partial charge in [0.25, 0.3) is 0 Å². The second-order valence-corrected chi connectivity index (χ2v) is 5.54. The molecule has 3 unspecified atom stereocenters. The largest absolute Gasteiger partial charge is 0.395 e. The molecule has 1 aliphatic rings. The first-order chi connectivity index (χ1) is 8.62. The van der Waals surface area contributed by atoms with Crippen molar-refractivity contribution in [2.75, 3.05) is 6.61 Å². The van der Waals surface area contributed by atoms with Crippen LogP contribution in [-0.2, 0) is 6.42 Å². The van der Waals surface area contributed by atoms with Gasteiger partial charge in [0.15, 0.2) is 0 Å². The Hall–Kier alpha value is -0.900. The molecule has 0 aliphatic heterocycles. The molecule has 1 fully saturated rings. The summed E-state index contributed by atoms with van der Waals surface area (Å²) in [4.78, 5) is 0. The minimum Gasteiger partial charge on any atom is -0.395 e. The number of aliphatic hydroxyl groups excluding tert-OH is 1. The molecule has 0 spiro atoms. The highest BCUT2D eigenvalue weighted by atomic mass is 16.3. The smallest absolute Gasteiger partial charge is 0.0772 e. The van der Waals surface area contributed by atoms with E-state index in [4.69, 9.17) is 0 Å². The molecule has 0 amide bonds. The molecule has 3 atom stereocenters. The number of hydrogen-bond donors (Lipinski definition) is 3. The minimum atomic E-state index is -0.635. The van der Waals surface area contributed by atoms with E-state index in [0.717, 1.165) is 25.7 Å². The summed E-state index contributed by atoms with van der Waals surface area (Å²) in [6.45, 7) is 1.98. The van der Waals surface area contributed by atoms with Crippen molar-refractivity contribution in [1.82, 2.24) is 5.32 Å². The molecule has 1 saturated carbocycles. The zero-order valence-corrected chi connectivity index (χ0v) is 11.0. The first kappa shape index (κ1) is 13.5. The maximum atomic E-state index is 10.2. The zero-order chi connectivity index (χ0) is 13.0. The molecular weight excluding hydrogens is 226 g/mol. The quantitative estimate of drug-likeness (QED) is 0.741. The molecule has 0 heterocycles. The van der Waals surface area contributed by atoms with Crippen LogP contribution in [0.15, 0.2) is 30.3 Å². The summed E-state index contributed by atoms with van der Waals surface area (Å²) in [5.74, 6) is 0. The fraction of sp³-hybridized carbons (Fsp3) is 0.600. The predicted molar refractivity (Wildman–Crippen MR) is 72.4 cm³/mol. The van der Waals surface area contributed by atoms with Gasteiger partial charge in [-0.2, -0.15) is 0 Å². The van der Waals surface area contributed by atoms with Gasteiger partial charge >= 0.3 is 0 Å². The zero-order valence-electron chi connectivity index (χ0n) is 11.0. The number of aliphatic hydroxyl groups is 2. The van der Waals surface area contributed by atoms with Crippen LogP contribution >= 0.6 is 0 Å². The van der Waals surface area contributed by atoms with Gasteiger partial charge in [0.2, 0.25) is 0 Å². The van der Waals surface area contributed by atoms with Crippen LogP contribution < -0.4 is 5.32 Å². The van der Waals surface area contributed by atoms with Gasteiger partial charge in [-0.05, 0) is 38.2 Å². The van der Waals surface area contributed by atoms with Crippen LogP contribution in [-0.4, -0.2) is 34.5 Å². The first-order valence-electron chi connectivity index (χ1n) is 6.75. The van der Waals surface area contributed by atoms with E-state index in [1.54, 1.807) is 0 Å². The Morgan fingerprint density at radius 1 is 1.39 bits per heavy atom. The lowest BCUT2D eigenvalue weighted by molar-refractivity contribution is 0.0320. The topological polar surface area (TPSA) is 52.5 Å². The Morgan fingerprint density at radius 2 is 2.11 bits per heavy atom. The molecule has 1 aromatic rings. The summed E-state index contributed by atoms with van der Waals surface area (Å²) in [5, 5.41) is 23.1. The molecule has 100 valence electrons. The van der Waals surface area contributed by atoms with Crippen molar-refractivity contribution in [2.45, 2.75) is 50.3 Å². The van der Waals surface area contributed by atoms with Crippen LogP contribution in [0.2, 0.25) is 0 Å². The number of benzene rings is 1. The highest BCUT2D eigenvalue weighted by Gasteiger charge is 2.37. The van der Waals surface area contributed by atoms with E-state index in [1.165, 1.54) is 5.56 Å². The second kappa shape index (κ2) is 5.83. The third kappa shape index (κ3) is 3.31. The van der Waals surface area contributed by atoms with Crippen LogP contribution in [0.3, 0.4) is 0 Å². The summed E-state index contributed by atoms with van der Waals surface area (Å²) in [5.41, 5.74) is 0.575. The van der Waals surface area contributed by atoms with Gasteiger partial charge in [0.05, 0.1) is 12.2 Å². The fourth-order valence-electron chi connectivity index (χ4n) is 2.77. The van der Waals surface area contributed by atoms with Gasteiger partial charge < -0.3 is 15.5 Å². The normalized spacial score (nSPS) is 29.4. The molecule has 1 aliphatic carbocycles. The standard InChI is InChI=1S/C15H23NO2/c1-15(18)9-5-8-14(15)16-13(11-17)10-12-6-3-2-4-7-12/h2-4,6-7,13-14,16-18H,5,8-11H2,1H3. The van der Waals surface area contributed by atoms with Gasteiger partial charge in [-0.25, -0.2) is 0 Å². The molecule has 2 rings (SSSR count). The number of rotatable bonds is 5. The maximum absolute atomic E-state index is 10.2. The average molecular weight is 249 g/mol. The van der Waals surface area contributed by atoms with Crippen molar-refractivity contribution >= 4 is 0 Å². The van der Waals surface area contributed by atoms with Crippen LogP contribution in [0.25, 0.3) is 0 Å². The molecule has 0 bridgehead atoms. The highest BCUT2D eigenvalue weighted by Crippen LogP contribution is 2.29. The van der Waals surface area contributed by atoms with E-state index in [9.17, 15) is 10.2 Å². The van der Waals surface area contributed by atoms with Crippen molar-refractivity contribution in [1.29, 1.82) is 0 Å². The van der Waals surface area contributed by atoms with E-state index < -0.39 is 5.60 Å². The van der Waals surface area contributed by atoms with Crippen molar-refractivity contribution in [2.24, 2.45) is 0 Å². The molecule has 0 radical (unpaired) electrons. The SMILES string of the molecule is CC1(O)CCCC1NC(CO)Cc1ccccc1. The summed E-state index contributed by atoms with van der Waals surface area (Å²) < 4.78 is 0. The lowest BCUT2D eigenvalue weighted by Crippen LogP contribution is -2.50. The lowest BCUT2D eigenvalue weighted by atomic mass is 9.98. The molecular formula is C15H23NO2. The van der Waals surface area contributed by atoms with E-state index in [0.29, 0.717) is 0 Å². The Kier molecular flexibility index (Phi) is 4.38. The van der Waals surface area contributed by atoms with Gasteiger partial charge in [-0.15, -0.1) is 0 Å². The van der Waals surface area contributed by atoms with Crippen molar-refractivity contribution in [3.63, 3.8) is 0 Å².